The molecule has 0 spiro atoms. The maximum Gasteiger partial charge on any atom is 0.252 e. The molecule has 0 saturated carbocycles. The molecule has 246 valence electrons. The number of benzene rings is 2. The van der Waals surface area contributed by atoms with Crippen molar-refractivity contribution in [3.05, 3.63) is 65.9 Å². The summed E-state index contributed by atoms with van der Waals surface area (Å²) in [6.45, 7) is 2.05. The van der Waals surface area contributed by atoms with Crippen molar-refractivity contribution in [2.75, 3.05) is 65.3 Å². The highest BCUT2D eigenvalue weighted by atomic mass is 35.5. The summed E-state index contributed by atoms with van der Waals surface area (Å²) < 4.78 is 28.8. The number of amides is 2. The highest BCUT2D eigenvalue weighted by Gasteiger charge is 2.45. The largest absolute Gasteiger partial charge is 0.371 e. The lowest BCUT2D eigenvalue weighted by molar-refractivity contribution is -0.170. The first-order valence-electron chi connectivity index (χ1n) is 14.4. The number of nitrogens with zero attached hydrogens (tertiary/aromatic N) is 6. The quantitative estimate of drug-likeness (QED) is 0.363. The molecule has 2 amide bonds. The van der Waals surface area contributed by atoms with Gasteiger partial charge in [-0.05, 0) is 74.1 Å². The summed E-state index contributed by atoms with van der Waals surface area (Å²) >= 11 is 6.10. The topological polar surface area (TPSA) is 109 Å². The number of hydrogen-bond donors (Lipinski definition) is 1. The van der Waals surface area contributed by atoms with Crippen LogP contribution in [0.2, 0.25) is 5.02 Å². The molecule has 0 aliphatic carbocycles. The van der Waals surface area contributed by atoms with Crippen molar-refractivity contribution in [2.24, 2.45) is 0 Å². The van der Waals surface area contributed by atoms with Crippen LogP contribution in [0, 0.1) is 0 Å². The molecule has 3 aromatic rings. The summed E-state index contributed by atoms with van der Waals surface area (Å²) in [7, 11) is 1.55. The number of carbonyl (C=O) groups is 2. The number of hydrazine groups is 1. The highest BCUT2D eigenvalue weighted by Crippen LogP contribution is 2.29. The molecule has 2 aliphatic rings. The van der Waals surface area contributed by atoms with Crippen LogP contribution in [0.5, 0.6) is 0 Å². The molecule has 2 aliphatic heterocycles. The van der Waals surface area contributed by atoms with E-state index in [1.807, 2.05) is 43.2 Å². The number of hydrogen-bond acceptors (Lipinski definition) is 8. The summed E-state index contributed by atoms with van der Waals surface area (Å²) in [5, 5.41) is 8.32. The average molecular weight is 701 g/mol. The second-order valence-corrected chi connectivity index (χ2v) is 13.7. The molecule has 3 heterocycles. The monoisotopic (exact) mass is 699 g/mol. The van der Waals surface area contributed by atoms with Crippen LogP contribution >= 0.6 is 36.4 Å². The third-order valence-electron chi connectivity index (χ3n) is 8.17. The molecule has 1 unspecified atom stereocenters. The Morgan fingerprint density at radius 2 is 1.64 bits per heavy atom. The van der Waals surface area contributed by atoms with Crippen LogP contribution in [0.25, 0.3) is 10.8 Å². The predicted molar refractivity (Wildman–Crippen MR) is 182 cm³/mol. The van der Waals surface area contributed by atoms with Crippen molar-refractivity contribution in [3.8, 4) is 0 Å². The number of halogens is 3. The number of anilines is 1. The molecule has 2 fully saturated rings. The Bertz CT molecular complexity index is 1570. The van der Waals surface area contributed by atoms with E-state index in [4.69, 9.17) is 11.6 Å². The van der Waals surface area contributed by atoms with E-state index in [9.17, 15) is 18.0 Å². The first kappa shape index (κ1) is 36.8. The molecule has 15 heteroatoms. The molecule has 0 bridgehead atoms. The second-order valence-electron chi connectivity index (χ2n) is 11.3. The van der Waals surface area contributed by atoms with E-state index in [0.717, 1.165) is 41.3 Å². The fraction of sp³-hybridized carbons (Fsp3) is 0.433. The van der Waals surface area contributed by atoms with Crippen LogP contribution in [-0.4, -0.2) is 117 Å². The van der Waals surface area contributed by atoms with E-state index in [-0.39, 0.29) is 54.7 Å². The Labute approximate surface area is 282 Å². The molecule has 5 rings (SSSR count). The minimum absolute atomic E-state index is 0. The van der Waals surface area contributed by atoms with Gasteiger partial charge in [-0.2, -0.15) is 4.31 Å². The second kappa shape index (κ2) is 15.7. The van der Waals surface area contributed by atoms with Crippen LogP contribution in [0.15, 0.2) is 65.8 Å². The van der Waals surface area contributed by atoms with Gasteiger partial charge in [-0.25, -0.2) is 13.4 Å². The van der Waals surface area contributed by atoms with Crippen molar-refractivity contribution < 1.29 is 18.0 Å². The van der Waals surface area contributed by atoms with Crippen molar-refractivity contribution >= 4 is 74.7 Å². The summed E-state index contributed by atoms with van der Waals surface area (Å²) in [4.78, 5) is 35.7. The first-order chi connectivity index (χ1) is 20.5. The van der Waals surface area contributed by atoms with Crippen LogP contribution in [0.4, 0.5) is 5.69 Å². The summed E-state index contributed by atoms with van der Waals surface area (Å²) in [5.41, 5.74) is 1.10. The zero-order valence-corrected chi connectivity index (χ0v) is 28.7. The number of aromatic nitrogens is 1. The number of carbonyl (C=O) groups excluding carboxylic acids is 2. The average Bonchev–Trinajstić information content (AvgIpc) is 3.00. The van der Waals surface area contributed by atoms with E-state index in [0.29, 0.717) is 23.5 Å². The Hall–Kier alpha value is -2.71. The van der Waals surface area contributed by atoms with E-state index in [1.54, 1.807) is 42.7 Å². The number of piperidine rings is 1. The minimum Gasteiger partial charge on any atom is -0.371 e. The number of sulfonamides is 1. The van der Waals surface area contributed by atoms with Gasteiger partial charge in [-0.1, -0.05) is 23.7 Å². The molecule has 1 aromatic heterocycles. The van der Waals surface area contributed by atoms with E-state index >= 15 is 0 Å². The normalized spacial score (nSPS) is 18.2. The van der Waals surface area contributed by atoms with E-state index < -0.39 is 22.0 Å². The zero-order chi connectivity index (χ0) is 30.7. The fourth-order valence-electron chi connectivity index (χ4n) is 5.76. The first-order valence-corrected chi connectivity index (χ1v) is 16.2. The van der Waals surface area contributed by atoms with Crippen molar-refractivity contribution in [3.63, 3.8) is 0 Å². The lowest BCUT2D eigenvalue weighted by Crippen LogP contribution is -2.68. The Morgan fingerprint density at radius 1 is 1.00 bits per heavy atom. The van der Waals surface area contributed by atoms with Crippen LogP contribution < -0.4 is 10.2 Å². The van der Waals surface area contributed by atoms with Gasteiger partial charge in [-0.15, -0.1) is 24.8 Å². The van der Waals surface area contributed by atoms with Crippen LogP contribution in [-0.2, 0) is 19.6 Å². The molecular formula is C30H40Cl3N7O4S. The van der Waals surface area contributed by atoms with E-state index in [2.05, 4.69) is 15.2 Å². The third kappa shape index (κ3) is 8.37. The summed E-state index contributed by atoms with van der Waals surface area (Å²) in [6, 6.07) is 13.0. The maximum absolute atomic E-state index is 13.8. The van der Waals surface area contributed by atoms with Gasteiger partial charge in [0.1, 0.15) is 6.04 Å². The SMILES string of the molecule is CN(C)CCNC(=O)C1CN(S(=O)(=O)c2ccc3cc(Cl)ccc3c2)CC(=O)N1N(C)C1CCN(c2ccncc2)CC1.Cl.Cl. The van der Waals surface area contributed by atoms with Gasteiger partial charge < -0.3 is 15.1 Å². The lowest BCUT2D eigenvalue weighted by Gasteiger charge is -2.48. The van der Waals surface area contributed by atoms with Gasteiger partial charge in [0.25, 0.3) is 5.91 Å². The van der Waals surface area contributed by atoms with Gasteiger partial charge in [0, 0.05) is 68.9 Å². The number of pyridine rings is 1. The van der Waals surface area contributed by atoms with Crippen LogP contribution in [0.1, 0.15) is 12.8 Å². The fourth-order valence-corrected chi connectivity index (χ4v) is 7.37. The Morgan fingerprint density at radius 3 is 2.31 bits per heavy atom. The molecule has 1 atom stereocenters. The molecule has 2 saturated heterocycles. The lowest BCUT2D eigenvalue weighted by atomic mass is 10.0. The number of piperazine rings is 1. The van der Waals surface area contributed by atoms with Gasteiger partial charge in [0.05, 0.1) is 11.4 Å². The predicted octanol–water partition coefficient (Wildman–Crippen LogP) is 3.13. The molecule has 0 radical (unpaired) electrons. The number of nitrogens with one attached hydrogen (secondary N) is 1. The summed E-state index contributed by atoms with van der Waals surface area (Å²) in [6.07, 6.45) is 5.10. The molecule has 2 aromatic carbocycles. The van der Waals surface area contributed by atoms with Crippen LogP contribution in [0.3, 0.4) is 0 Å². The summed E-state index contributed by atoms with van der Waals surface area (Å²) in [5.74, 6) is -0.821. The number of rotatable bonds is 9. The Balaban J connectivity index is 0.00000276. The number of likely N-dealkylation sites (N-methyl/N-ethyl adjacent to an activating group) is 1. The maximum atomic E-state index is 13.8. The standard InChI is InChI=1S/C30H38ClN7O4S.2ClH/c1-34(2)17-14-33-30(40)28-20-37(43(41,42)27-7-5-22-18-24(31)6-4-23(22)19-27)21-29(39)38(28)35(3)25-10-15-36(16-11-25)26-8-12-32-13-9-26;;/h4-9,12-13,18-19,25,28H,10-11,14-17,20-21H2,1-3H3,(H,33,40);2*1H. The molecular weight excluding hydrogens is 661 g/mol. The third-order valence-corrected chi connectivity index (χ3v) is 10.2. The number of fused-ring (bicyclic) bond motifs is 1. The smallest absolute Gasteiger partial charge is 0.252 e. The molecule has 45 heavy (non-hydrogen) atoms. The highest BCUT2D eigenvalue weighted by molar-refractivity contribution is 7.89. The Kier molecular flexibility index (Phi) is 12.8. The van der Waals surface area contributed by atoms with Gasteiger partial charge in [-0.3, -0.25) is 19.6 Å². The van der Waals surface area contributed by atoms with Gasteiger partial charge in [0.15, 0.2) is 0 Å². The molecule has 11 nitrogen and oxygen atoms in total. The van der Waals surface area contributed by atoms with Gasteiger partial charge >= 0.3 is 0 Å². The zero-order valence-electron chi connectivity index (χ0n) is 25.5. The van der Waals surface area contributed by atoms with Crippen molar-refractivity contribution in [1.82, 2.24) is 29.5 Å². The minimum atomic E-state index is -4.07. The van der Waals surface area contributed by atoms with Crippen molar-refractivity contribution in [2.45, 2.75) is 29.8 Å². The van der Waals surface area contributed by atoms with Gasteiger partial charge in [0.2, 0.25) is 15.9 Å². The molecule has 1 N–H and O–H groups in total. The van der Waals surface area contributed by atoms with Crippen molar-refractivity contribution in [1.29, 1.82) is 0 Å². The van der Waals surface area contributed by atoms with E-state index in [1.165, 1.54) is 11.1 Å².